The van der Waals surface area contributed by atoms with Gasteiger partial charge in [-0.2, -0.15) is 0 Å². The average Bonchev–Trinajstić information content (AvgIpc) is 3.40. The summed E-state index contributed by atoms with van der Waals surface area (Å²) in [6.45, 7) is 3.53. The summed E-state index contributed by atoms with van der Waals surface area (Å²) in [7, 11) is 3.37. The second-order valence-corrected chi connectivity index (χ2v) is 9.11. The molecule has 0 saturated heterocycles. The van der Waals surface area contributed by atoms with E-state index in [-0.39, 0.29) is 0 Å². The van der Waals surface area contributed by atoms with Gasteiger partial charge in [-0.05, 0) is 41.0 Å². The van der Waals surface area contributed by atoms with Crippen molar-refractivity contribution >= 4 is 16.5 Å². The highest BCUT2D eigenvalue weighted by atomic mass is 32.1. The van der Waals surface area contributed by atoms with Gasteiger partial charge < -0.3 is 23.8 Å². The van der Waals surface area contributed by atoms with E-state index < -0.39 is 0 Å². The van der Waals surface area contributed by atoms with Crippen molar-refractivity contribution in [2.24, 2.45) is 0 Å². The molecule has 0 aliphatic carbocycles. The molecule has 0 spiro atoms. The van der Waals surface area contributed by atoms with Crippen molar-refractivity contribution < 1.29 is 18.9 Å². The Balaban J connectivity index is 1.36. The first-order valence-electron chi connectivity index (χ1n) is 11.9. The Labute approximate surface area is 217 Å². The number of methoxy groups -OCH3 is 2. The molecule has 0 amide bonds. The first-order chi connectivity index (χ1) is 17.7. The number of hydrogen-bond acceptors (Lipinski definition) is 7. The Hall–Kier alpha value is -3.39. The summed E-state index contributed by atoms with van der Waals surface area (Å²) in [6, 6.07) is 26.4. The number of hydrogen-bond donors (Lipinski definition) is 0. The molecule has 6 nitrogen and oxygen atoms in total. The maximum atomic E-state index is 5.82. The van der Waals surface area contributed by atoms with E-state index in [1.807, 2.05) is 42.5 Å². The van der Waals surface area contributed by atoms with Gasteiger partial charge in [-0.1, -0.05) is 54.6 Å². The average molecular weight is 505 g/mol. The predicted molar refractivity (Wildman–Crippen MR) is 144 cm³/mol. The van der Waals surface area contributed by atoms with E-state index in [9.17, 15) is 0 Å². The minimum Gasteiger partial charge on any atom is -0.497 e. The largest absolute Gasteiger partial charge is 0.497 e. The van der Waals surface area contributed by atoms with Crippen LogP contribution in [0, 0.1) is 0 Å². The van der Waals surface area contributed by atoms with Crippen LogP contribution in [-0.2, 0) is 35.8 Å². The predicted octanol–water partition coefficient (Wildman–Crippen LogP) is 6.10. The normalized spacial score (nSPS) is 10.8. The van der Waals surface area contributed by atoms with E-state index in [0.29, 0.717) is 39.5 Å². The smallest absolute Gasteiger partial charge is 0.186 e. The van der Waals surface area contributed by atoms with Gasteiger partial charge in [0.25, 0.3) is 0 Å². The zero-order valence-electron chi connectivity index (χ0n) is 20.8. The van der Waals surface area contributed by atoms with E-state index in [2.05, 4.69) is 46.7 Å². The number of anilines is 1. The van der Waals surface area contributed by atoms with Gasteiger partial charge >= 0.3 is 0 Å². The molecule has 188 valence electrons. The number of aromatic nitrogens is 1. The molecular formula is C29H32N2O4S. The van der Waals surface area contributed by atoms with Crippen LogP contribution in [0.4, 0.5) is 5.13 Å². The minimum atomic E-state index is 0.456. The molecular weight excluding hydrogens is 472 g/mol. The van der Waals surface area contributed by atoms with Crippen LogP contribution in [0.1, 0.15) is 22.4 Å². The summed E-state index contributed by atoms with van der Waals surface area (Å²) in [5, 5.41) is 3.00. The lowest BCUT2D eigenvalue weighted by molar-refractivity contribution is 0.0330. The maximum Gasteiger partial charge on any atom is 0.186 e. The zero-order chi connectivity index (χ0) is 25.0. The molecule has 4 rings (SSSR count). The number of thiazole rings is 1. The van der Waals surface area contributed by atoms with E-state index in [1.165, 1.54) is 0 Å². The van der Waals surface area contributed by atoms with Crippen LogP contribution in [0.3, 0.4) is 0 Å². The van der Waals surface area contributed by atoms with Crippen molar-refractivity contribution in [3.8, 4) is 11.5 Å². The molecule has 0 atom stereocenters. The van der Waals surface area contributed by atoms with E-state index in [0.717, 1.165) is 39.0 Å². The van der Waals surface area contributed by atoms with Crippen molar-refractivity contribution in [1.82, 2.24) is 4.98 Å². The van der Waals surface area contributed by atoms with Crippen molar-refractivity contribution in [2.45, 2.75) is 26.3 Å². The first-order valence-corrected chi connectivity index (χ1v) is 12.8. The maximum absolute atomic E-state index is 5.82. The number of benzene rings is 3. The fourth-order valence-corrected chi connectivity index (χ4v) is 4.55. The highest BCUT2D eigenvalue weighted by Gasteiger charge is 2.14. The van der Waals surface area contributed by atoms with Crippen molar-refractivity contribution in [1.29, 1.82) is 0 Å². The fourth-order valence-electron chi connectivity index (χ4n) is 3.74. The van der Waals surface area contributed by atoms with Gasteiger partial charge in [-0.15, -0.1) is 11.3 Å². The zero-order valence-corrected chi connectivity index (χ0v) is 21.6. The molecule has 1 aromatic heterocycles. The third-order valence-corrected chi connectivity index (χ3v) is 6.51. The summed E-state index contributed by atoms with van der Waals surface area (Å²) >= 11 is 1.62. The van der Waals surface area contributed by atoms with Crippen LogP contribution >= 0.6 is 11.3 Å². The van der Waals surface area contributed by atoms with Gasteiger partial charge in [0.15, 0.2) is 5.13 Å². The quantitative estimate of drug-likeness (QED) is 0.193. The first kappa shape index (κ1) is 25.7. The van der Waals surface area contributed by atoms with Crippen LogP contribution < -0.4 is 14.4 Å². The summed E-state index contributed by atoms with van der Waals surface area (Å²) in [5.74, 6) is 1.69. The summed E-state index contributed by atoms with van der Waals surface area (Å²) in [5.41, 5.74) is 4.38. The summed E-state index contributed by atoms with van der Waals surface area (Å²) in [4.78, 5) is 7.13. The Kier molecular flexibility index (Phi) is 9.73. The van der Waals surface area contributed by atoms with Gasteiger partial charge in [0.05, 0.1) is 46.3 Å². The fraction of sp³-hybridized carbons (Fsp3) is 0.276. The van der Waals surface area contributed by atoms with Crippen LogP contribution in [0.2, 0.25) is 0 Å². The van der Waals surface area contributed by atoms with Crippen LogP contribution in [0.25, 0.3) is 0 Å². The van der Waals surface area contributed by atoms with Crippen molar-refractivity contribution in [3.63, 3.8) is 0 Å². The molecule has 1 heterocycles. The van der Waals surface area contributed by atoms with Gasteiger partial charge in [0, 0.05) is 18.5 Å². The van der Waals surface area contributed by atoms with Gasteiger partial charge in [0.1, 0.15) is 11.5 Å². The van der Waals surface area contributed by atoms with E-state index >= 15 is 0 Å². The molecule has 0 N–H and O–H groups in total. The number of ether oxygens (including phenoxy) is 4. The second kappa shape index (κ2) is 13.6. The summed E-state index contributed by atoms with van der Waals surface area (Å²) in [6.07, 6.45) is 0. The van der Waals surface area contributed by atoms with Gasteiger partial charge in [-0.25, -0.2) is 4.98 Å². The summed E-state index contributed by atoms with van der Waals surface area (Å²) < 4.78 is 22.4. The molecule has 0 unspecified atom stereocenters. The lowest BCUT2D eigenvalue weighted by Gasteiger charge is -2.22. The molecule has 7 heteroatoms. The lowest BCUT2D eigenvalue weighted by Crippen LogP contribution is -2.22. The molecule has 4 aromatic rings. The molecule has 0 fully saturated rings. The molecule has 0 radical (unpaired) electrons. The van der Waals surface area contributed by atoms with E-state index in [1.54, 1.807) is 25.6 Å². The van der Waals surface area contributed by atoms with Crippen LogP contribution in [-0.4, -0.2) is 32.4 Å². The molecule has 36 heavy (non-hydrogen) atoms. The lowest BCUT2D eigenvalue weighted by atomic mass is 10.1. The molecule has 0 aliphatic heterocycles. The Morgan fingerprint density at radius 1 is 0.694 bits per heavy atom. The van der Waals surface area contributed by atoms with Crippen LogP contribution in [0.5, 0.6) is 11.5 Å². The third-order valence-electron chi connectivity index (χ3n) is 5.56. The topological polar surface area (TPSA) is 53.1 Å². The second-order valence-electron chi connectivity index (χ2n) is 8.27. The Bertz CT molecular complexity index is 1150. The minimum absolute atomic E-state index is 0.456. The highest BCUT2D eigenvalue weighted by Crippen LogP contribution is 2.27. The highest BCUT2D eigenvalue weighted by molar-refractivity contribution is 7.13. The molecule has 0 bridgehead atoms. The van der Waals surface area contributed by atoms with Crippen molar-refractivity contribution in [3.05, 3.63) is 107 Å². The number of rotatable bonds is 14. The van der Waals surface area contributed by atoms with Gasteiger partial charge in [0.2, 0.25) is 0 Å². The number of nitrogens with zero attached hydrogens (tertiary/aromatic N) is 2. The SMILES string of the molecule is COc1cccc(CN(Cc2cccc(OC)c2)c2nc(COCCOCc3ccccc3)cs2)c1. The van der Waals surface area contributed by atoms with Crippen molar-refractivity contribution in [2.75, 3.05) is 32.3 Å². The Morgan fingerprint density at radius 3 is 1.89 bits per heavy atom. The third kappa shape index (κ3) is 7.81. The van der Waals surface area contributed by atoms with Crippen LogP contribution in [0.15, 0.2) is 84.2 Å². The van der Waals surface area contributed by atoms with Gasteiger partial charge in [-0.3, -0.25) is 0 Å². The van der Waals surface area contributed by atoms with E-state index in [4.69, 9.17) is 23.9 Å². The molecule has 0 aliphatic rings. The molecule has 0 saturated carbocycles. The molecule has 3 aromatic carbocycles. The monoisotopic (exact) mass is 504 g/mol. The standard InChI is InChI=1S/C29H32N2O4S/c1-32-27-12-6-10-24(16-27)18-31(19-25-11-7-13-28(17-25)33-2)29-30-26(22-36-29)21-35-15-14-34-20-23-8-4-3-5-9-23/h3-13,16-17,22H,14-15,18-21H2,1-2H3. The Morgan fingerprint density at radius 2 is 1.28 bits per heavy atom.